The number of methoxy groups -OCH3 is 1. The molecule has 106 valence electrons. The molecule has 5 heteroatoms. The van der Waals surface area contributed by atoms with Gasteiger partial charge in [-0.15, -0.1) is 0 Å². The minimum absolute atomic E-state index is 0.0824. The van der Waals surface area contributed by atoms with E-state index in [2.05, 4.69) is 0 Å². The Morgan fingerprint density at radius 1 is 1.28 bits per heavy atom. The maximum atomic E-state index is 11.9. The van der Waals surface area contributed by atoms with E-state index in [0.717, 1.165) is 6.42 Å². The van der Waals surface area contributed by atoms with Gasteiger partial charge < -0.3 is 9.84 Å². The van der Waals surface area contributed by atoms with Gasteiger partial charge >= 0.3 is 11.9 Å². The summed E-state index contributed by atoms with van der Waals surface area (Å²) in [4.78, 5) is 23.4. The molecule has 0 saturated heterocycles. The molecule has 1 unspecified atom stereocenters. The SMILES string of the molecule is CCCCC(CSC(C)(C)C)(C(=O)O)C(=O)OC. The summed E-state index contributed by atoms with van der Waals surface area (Å²) < 4.78 is 4.62. The molecule has 0 aliphatic rings. The minimum Gasteiger partial charge on any atom is -0.480 e. The molecule has 0 spiro atoms. The van der Waals surface area contributed by atoms with Gasteiger partial charge in [0.25, 0.3) is 0 Å². The summed E-state index contributed by atoms with van der Waals surface area (Å²) >= 11 is 1.48. The van der Waals surface area contributed by atoms with Crippen LogP contribution < -0.4 is 0 Å². The fourth-order valence-electron chi connectivity index (χ4n) is 1.50. The van der Waals surface area contributed by atoms with Crippen LogP contribution in [-0.2, 0) is 14.3 Å². The highest BCUT2D eigenvalue weighted by Crippen LogP contribution is 2.36. The van der Waals surface area contributed by atoms with Gasteiger partial charge in [-0.1, -0.05) is 40.5 Å². The number of aliphatic carboxylic acids is 1. The standard InChI is InChI=1S/C13H24O4S/c1-6-7-8-13(10(14)15,11(16)17-5)9-18-12(2,3)4/h6-9H2,1-5H3,(H,14,15). The Hall–Kier alpha value is -0.710. The Labute approximate surface area is 113 Å². The number of ether oxygens (including phenoxy) is 1. The lowest BCUT2D eigenvalue weighted by Gasteiger charge is -2.29. The third-order valence-electron chi connectivity index (χ3n) is 2.69. The van der Waals surface area contributed by atoms with Crippen molar-refractivity contribution in [1.29, 1.82) is 0 Å². The molecule has 1 N–H and O–H groups in total. The first-order valence-electron chi connectivity index (χ1n) is 6.15. The number of hydrogen-bond acceptors (Lipinski definition) is 4. The number of hydrogen-bond donors (Lipinski definition) is 1. The first-order valence-corrected chi connectivity index (χ1v) is 7.14. The number of carboxylic acids is 1. The number of esters is 1. The van der Waals surface area contributed by atoms with Crippen LogP contribution in [0.5, 0.6) is 0 Å². The van der Waals surface area contributed by atoms with Gasteiger partial charge in [-0.3, -0.25) is 9.59 Å². The van der Waals surface area contributed by atoms with Crippen LogP contribution in [0, 0.1) is 5.41 Å². The quantitative estimate of drug-likeness (QED) is 0.572. The molecular formula is C13H24O4S. The third-order valence-corrected chi connectivity index (χ3v) is 4.20. The highest BCUT2D eigenvalue weighted by atomic mass is 32.2. The second kappa shape index (κ2) is 7.02. The Balaban J connectivity index is 5.07. The van der Waals surface area contributed by atoms with Crippen molar-refractivity contribution < 1.29 is 19.4 Å². The van der Waals surface area contributed by atoms with Crippen LogP contribution in [0.2, 0.25) is 0 Å². The van der Waals surface area contributed by atoms with Crippen LogP contribution in [-0.4, -0.2) is 34.7 Å². The number of thioether (sulfide) groups is 1. The van der Waals surface area contributed by atoms with Gasteiger partial charge in [0.05, 0.1) is 7.11 Å². The van der Waals surface area contributed by atoms with Gasteiger partial charge in [0.15, 0.2) is 5.41 Å². The van der Waals surface area contributed by atoms with Crippen molar-refractivity contribution >= 4 is 23.7 Å². The Morgan fingerprint density at radius 3 is 2.17 bits per heavy atom. The van der Waals surface area contributed by atoms with Crippen LogP contribution in [0.25, 0.3) is 0 Å². The summed E-state index contributed by atoms with van der Waals surface area (Å²) in [6.45, 7) is 7.98. The Kier molecular flexibility index (Phi) is 6.74. The normalized spacial score (nSPS) is 14.9. The number of unbranched alkanes of at least 4 members (excludes halogenated alkanes) is 1. The van der Waals surface area contributed by atoms with Crippen molar-refractivity contribution in [1.82, 2.24) is 0 Å². The zero-order valence-electron chi connectivity index (χ0n) is 11.9. The average Bonchev–Trinajstić information content (AvgIpc) is 2.27. The molecule has 0 aromatic carbocycles. The summed E-state index contributed by atoms with van der Waals surface area (Å²) in [7, 11) is 1.24. The van der Waals surface area contributed by atoms with Gasteiger partial charge in [-0.25, -0.2) is 0 Å². The molecular weight excluding hydrogens is 252 g/mol. The van der Waals surface area contributed by atoms with Crippen molar-refractivity contribution in [2.75, 3.05) is 12.9 Å². The first-order chi connectivity index (χ1) is 8.19. The Bertz CT molecular complexity index is 296. The van der Waals surface area contributed by atoms with E-state index >= 15 is 0 Å². The number of rotatable bonds is 7. The molecule has 0 bridgehead atoms. The van der Waals surface area contributed by atoms with Crippen molar-refractivity contribution in [3.05, 3.63) is 0 Å². The van der Waals surface area contributed by atoms with E-state index < -0.39 is 17.4 Å². The molecule has 0 amide bonds. The molecule has 0 aliphatic carbocycles. The molecule has 0 rings (SSSR count). The molecule has 0 fully saturated rings. The average molecular weight is 276 g/mol. The van der Waals surface area contributed by atoms with Gasteiger partial charge in [0, 0.05) is 10.5 Å². The summed E-state index contributed by atoms with van der Waals surface area (Å²) in [5.41, 5.74) is -1.41. The second-order valence-corrected chi connectivity index (χ2v) is 7.19. The van der Waals surface area contributed by atoms with E-state index in [1.165, 1.54) is 18.9 Å². The summed E-state index contributed by atoms with van der Waals surface area (Å²) in [6.07, 6.45) is 1.88. The predicted molar refractivity (Wildman–Crippen MR) is 73.8 cm³/mol. The van der Waals surface area contributed by atoms with Gasteiger partial charge in [-0.05, 0) is 6.42 Å². The predicted octanol–water partition coefficient (Wildman–Crippen LogP) is 2.95. The van der Waals surface area contributed by atoms with Crippen LogP contribution in [0.3, 0.4) is 0 Å². The molecule has 0 saturated carbocycles. The molecule has 0 heterocycles. The van der Waals surface area contributed by atoms with Crippen LogP contribution in [0.1, 0.15) is 47.0 Å². The molecule has 18 heavy (non-hydrogen) atoms. The van der Waals surface area contributed by atoms with Crippen LogP contribution >= 0.6 is 11.8 Å². The fourth-order valence-corrected chi connectivity index (χ4v) is 2.57. The van der Waals surface area contributed by atoms with Gasteiger partial charge in [-0.2, -0.15) is 11.8 Å². The summed E-state index contributed by atoms with van der Waals surface area (Å²) in [5.74, 6) is -1.47. The summed E-state index contributed by atoms with van der Waals surface area (Å²) in [5, 5.41) is 9.43. The van der Waals surface area contributed by atoms with E-state index in [1.807, 2.05) is 27.7 Å². The highest BCUT2D eigenvalue weighted by molar-refractivity contribution is 8.00. The van der Waals surface area contributed by atoms with Gasteiger partial charge in [0.2, 0.25) is 0 Å². The second-order valence-electron chi connectivity index (χ2n) is 5.38. The van der Waals surface area contributed by atoms with E-state index in [9.17, 15) is 14.7 Å². The number of carbonyl (C=O) groups excluding carboxylic acids is 1. The van der Waals surface area contributed by atoms with Crippen LogP contribution in [0.4, 0.5) is 0 Å². The molecule has 0 aromatic rings. The Morgan fingerprint density at radius 2 is 1.83 bits per heavy atom. The lowest BCUT2D eigenvalue weighted by Crippen LogP contribution is -2.43. The topological polar surface area (TPSA) is 63.6 Å². The van der Waals surface area contributed by atoms with Crippen molar-refractivity contribution in [2.24, 2.45) is 5.41 Å². The lowest BCUT2D eigenvalue weighted by atomic mass is 9.85. The third kappa shape index (κ3) is 4.88. The first kappa shape index (κ1) is 17.3. The van der Waals surface area contributed by atoms with Crippen molar-refractivity contribution in [3.63, 3.8) is 0 Å². The number of carbonyl (C=O) groups is 2. The van der Waals surface area contributed by atoms with E-state index in [0.29, 0.717) is 12.8 Å². The van der Waals surface area contributed by atoms with Gasteiger partial charge in [0.1, 0.15) is 0 Å². The van der Waals surface area contributed by atoms with E-state index in [1.54, 1.807) is 0 Å². The monoisotopic (exact) mass is 276 g/mol. The molecule has 0 radical (unpaired) electrons. The highest BCUT2D eigenvalue weighted by Gasteiger charge is 2.47. The lowest BCUT2D eigenvalue weighted by molar-refractivity contribution is -0.165. The van der Waals surface area contributed by atoms with Crippen molar-refractivity contribution in [3.8, 4) is 0 Å². The smallest absolute Gasteiger partial charge is 0.324 e. The minimum atomic E-state index is -1.41. The van der Waals surface area contributed by atoms with E-state index in [-0.39, 0.29) is 10.5 Å². The molecule has 0 aromatic heterocycles. The zero-order valence-corrected chi connectivity index (χ0v) is 12.7. The van der Waals surface area contributed by atoms with Crippen LogP contribution in [0.15, 0.2) is 0 Å². The van der Waals surface area contributed by atoms with Crippen molar-refractivity contribution in [2.45, 2.75) is 51.7 Å². The largest absolute Gasteiger partial charge is 0.480 e. The fraction of sp³-hybridized carbons (Fsp3) is 0.846. The zero-order chi connectivity index (χ0) is 14.4. The number of carboxylic acid groups (broad SMARTS) is 1. The summed E-state index contributed by atoms with van der Waals surface area (Å²) in [6, 6.07) is 0. The molecule has 1 atom stereocenters. The maximum Gasteiger partial charge on any atom is 0.324 e. The maximum absolute atomic E-state index is 11.9. The molecule has 0 aliphatic heterocycles. The molecule has 4 nitrogen and oxygen atoms in total. The van der Waals surface area contributed by atoms with E-state index in [4.69, 9.17) is 4.74 Å².